The van der Waals surface area contributed by atoms with Gasteiger partial charge in [-0.25, -0.2) is 4.98 Å². The molecule has 0 spiro atoms. The van der Waals surface area contributed by atoms with E-state index in [-0.39, 0.29) is 0 Å². The molecule has 1 aromatic carbocycles. The summed E-state index contributed by atoms with van der Waals surface area (Å²) in [4.78, 5) is 11.7. The van der Waals surface area contributed by atoms with Crippen LogP contribution in [0.25, 0.3) is 0 Å². The zero-order valence-electron chi connectivity index (χ0n) is 13.4. The largest absolute Gasteiger partial charge is 0.340 e. The summed E-state index contributed by atoms with van der Waals surface area (Å²) in [6.07, 6.45) is 3.81. The third kappa shape index (κ3) is 3.97. The molecule has 116 valence electrons. The molecule has 4 nitrogen and oxygen atoms in total. The lowest BCUT2D eigenvalue weighted by Gasteiger charge is -2.23. The van der Waals surface area contributed by atoms with Gasteiger partial charge in [-0.1, -0.05) is 25.1 Å². The molecule has 4 heteroatoms. The van der Waals surface area contributed by atoms with Crippen LogP contribution in [0.15, 0.2) is 36.4 Å². The van der Waals surface area contributed by atoms with Gasteiger partial charge >= 0.3 is 0 Å². The molecule has 22 heavy (non-hydrogen) atoms. The van der Waals surface area contributed by atoms with Crippen molar-refractivity contribution in [3.8, 4) is 0 Å². The highest BCUT2D eigenvalue weighted by molar-refractivity contribution is 5.57. The van der Waals surface area contributed by atoms with Crippen LogP contribution < -0.4 is 10.2 Å². The first-order chi connectivity index (χ1) is 10.7. The highest BCUT2D eigenvalue weighted by Crippen LogP contribution is 2.31. The molecule has 1 N–H and O–H groups in total. The van der Waals surface area contributed by atoms with Crippen LogP contribution in [0, 0.1) is 12.8 Å². The second-order valence-corrected chi connectivity index (χ2v) is 6.07. The minimum absolute atomic E-state index is 0.834. The maximum absolute atomic E-state index is 4.73. The summed E-state index contributed by atoms with van der Waals surface area (Å²) >= 11 is 0. The highest BCUT2D eigenvalue weighted by Gasteiger charge is 2.25. The van der Waals surface area contributed by atoms with Crippen LogP contribution >= 0.6 is 0 Å². The van der Waals surface area contributed by atoms with Crippen molar-refractivity contribution in [1.82, 2.24) is 9.97 Å². The van der Waals surface area contributed by atoms with E-state index in [0.717, 1.165) is 48.6 Å². The van der Waals surface area contributed by atoms with Crippen molar-refractivity contribution in [1.29, 1.82) is 0 Å². The molecular formula is C18H24N4. The third-order valence-electron chi connectivity index (χ3n) is 3.84. The third-order valence-corrected chi connectivity index (χ3v) is 3.84. The summed E-state index contributed by atoms with van der Waals surface area (Å²) in [5, 5.41) is 3.37. The number of aromatic nitrogens is 2. The summed E-state index contributed by atoms with van der Waals surface area (Å²) in [6.45, 7) is 6.34. The molecule has 1 fully saturated rings. The van der Waals surface area contributed by atoms with Crippen molar-refractivity contribution in [2.45, 2.75) is 33.1 Å². The Labute approximate surface area is 132 Å². The molecule has 0 aliphatic heterocycles. The maximum atomic E-state index is 4.73. The monoisotopic (exact) mass is 296 g/mol. The number of aryl methyl sites for hydroxylation is 1. The maximum Gasteiger partial charge on any atom is 0.227 e. The predicted molar refractivity (Wildman–Crippen MR) is 91.7 cm³/mol. The lowest BCUT2D eigenvalue weighted by molar-refractivity contribution is 0.687. The first kappa shape index (κ1) is 14.8. The molecule has 0 bridgehead atoms. The Morgan fingerprint density at radius 2 is 1.95 bits per heavy atom. The van der Waals surface area contributed by atoms with Gasteiger partial charge in [0, 0.05) is 30.5 Å². The zero-order valence-corrected chi connectivity index (χ0v) is 13.4. The molecule has 0 amide bonds. The van der Waals surface area contributed by atoms with Gasteiger partial charge in [0.1, 0.15) is 5.82 Å². The van der Waals surface area contributed by atoms with Crippen molar-refractivity contribution in [2.24, 2.45) is 5.92 Å². The van der Waals surface area contributed by atoms with Gasteiger partial charge in [0.15, 0.2) is 0 Å². The molecule has 0 unspecified atom stereocenters. The Bertz CT molecular complexity index is 608. The number of rotatable bonds is 7. The topological polar surface area (TPSA) is 41.1 Å². The normalized spacial score (nSPS) is 13.9. The van der Waals surface area contributed by atoms with Crippen LogP contribution in [0.5, 0.6) is 0 Å². The number of nitrogens with zero attached hydrogens (tertiary/aromatic N) is 3. The Kier molecular flexibility index (Phi) is 4.56. The van der Waals surface area contributed by atoms with Crippen molar-refractivity contribution >= 4 is 17.5 Å². The van der Waals surface area contributed by atoms with Crippen molar-refractivity contribution in [3.05, 3.63) is 42.1 Å². The second kappa shape index (κ2) is 6.77. The van der Waals surface area contributed by atoms with Gasteiger partial charge in [-0.05, 0) is 44.2 Å². The van der Waals surface area contributed by atoms with Gasteiger partial charge in [0.25, 0.3) is 0 Å². The SMILES string of the molecule is CCCN(CC1CC1)c1nc(C)cc(Nc2ccccc2)n1. The first-order valence-corrected chi connectivity index (χ1v) is 8.17. The van der Waals surface area contributed by atoms with E-state index in [1.807, 2.05) is 43.3 Å². The standard InChI is InChI=1S/C18H24N4/c1-3-11-22(13-15-9-10-15)18-19-14(2)12-17(21-18)20-16-7-5-4-6-8-16/h4-8,12,15H,3,9-11,13H2,1-2H3,(H,19,20,21). The minimum atomic E-state index is 0.834. The molecule has 1 aliphatic rings. The molecule has 1 aromatic heterocycles. The van der Waals surface area contributed by atoms with E-state index in [1.54, 1.807) is 0 Å². The van der Waals surface area contributed by atoms with Crippen molar-refractivity contribution in [2.75, 3.05) is 23.3 Å². The summed E-state index contributed by atoms with van der Waals surface area (Å²) < 4.78 is 0. The number of hydrogen-bond acceptors (Lipinski definition) is 4. The van der Waals surface area contributed by atoms with E-state index in [1.165, 1.54) is 12.8 Å². The zero-order chi connectivity index (χ0) is 15.4. The van der Waals surface area contributed by atoms with Crippen LogP contribution in [-0.4, -0.2) is 23.1 Å². The molecule has 1 saturated carbocycles. The fourth-order valence-electron chi connectivity index (χ4n) is 2.58. The van der Waals surface area contributed by atoms with E-state index >= 15 is 0 Å². The van der Waals surface area contributed by atoms with E-state index in [2.05, 4.69) is 22.1 Å². The Balaban J connectivity index is 1.81. The van der Waals surface area contributed by atoms with Gasteiger partial charge in [-0.2, -0.15) is 4.98 Å². The van der Waals surface area contributed by atoms with E-state index < -0.39 is 0 Å². The first-order valence-electron chi connectivity index (χ1n) is 8.17. The van der Waals surface area contributed by atoms with Crippen LogP contribution in [0.1, 0.15) is 31.9 Å². The average molecular weight is 296 g/mol. The molecule has 0 saturated heterocycles. The fraction of sp³-hybridized carbons (Fsp3) is 0.444. The Morgan fingerprint density at radius 3 is 2.64 bits per heavy atom. The number of para-hydroxylation sites is 1. The van der Waals surface area contributed by atoms with Crippen molar-refractivity contribution < 1.29 is 0 Å². The minimum Gasteiger partial charge on any atom is -0.340 e. The van der Waals surface area contributed by atoms with Crippen LogP contribution in [0.2, 0.25) is 0 Å². The lowest BCUT2D eigenvalue weighted by Crippen LogP contribution is -2.28. The summed E-state index contributed by atoms with van der Waals surface area (Å²) in [5.74, 6) is 2.55. The van der Waals surface area contributed by atoms with Gasteiger partial charge in [-0.15, -0.1) is 0 Å². The summed E-state index contributed by atoms with van der Waals surface area (Å²) in [5.41, 5.74) is 2.05. The number of hydrogen-bond donors (Lipinski definition) is 1. The van der Waals surface area contributed by atoms with Crippen LogP contribution in [0.4, 0.5) is 17.5 Å². The highest BCUT2D eigenvalue weighted by atomic mass is 15.3. The molecule has 2 aromatic rings. The summed E-state index contributed by atoms with van der Waals surface area (Å²) in [7, 11) is 0. The molecule has 0 atom stereocenters. The average Bonchev–Trinajstić information content (AvgIpc) is 3.31. The molecular weight excluding hydrogens is 272 g/mol. The number of nitrogens with one attached hydrogen (secondary N) is 1. The smallest absolute Gasteiger partial charge is 0.227 e. The van der Waals surface area contributed by atoms with Gasteiger partial charge in [0.2, 0.25) is 5.95 Å². The molecule has 1 heterocycles. The van der Waals surface area contributed by atoms with Gasteiger partial charge in [-0.3, -0.25) is 0 Å². The Hall–Kier alpha value is -2.10. The number of benzene rings is 1. The van der Waals surface area contributed by atoms with Gasteiger partial charge in [0.05, 0.1) is 0 Å². The Morgan fingerprint density at radius 1 is 1.18 bits per heavy atom. The van der Waals surface area contributed by atoms with Gasteiger partial charge < -0.3 is 10.2 Å². The van der Waals surface area contributed by atoms with E-state index in [9.17, 15) is 0 Å². The number of anilines is 3. The second-order valence-electron chi connectivity index (χ2n) is 6.07. The van der Waals surface area contributed by atoms with Crippen molar-refractivity contribution in [3.63, 3.8) is 0 Å². The molecule has 0 radical (unpaired) electrons. The molecule has 1 aliphatic carbocycles. The van der Waals surface area contributed by atoms with Crippen LogP contribution in [-0.2, 0) is 0 Å². The quantitative estimate of drug-likeness (QED) is 0.833. The van der Waals surface area contributed by atoms with E-state index in [4.69, 9.17) is 4.98 Å². The fourth-order valence-corrected chi connectivity index (χ4v) is 2.58. The van der Waals surface area contributed by atoms with Crippen LogP contribution in [0.3, 0.4) is 0 Å². The predicted octanol–water partition coefficient (Wildman–Crippen LogP) is 4.16. The lowest BCUT2D eigenvalue weighted by atomic mass is 10.3. The molecule has 3 rings (SSSR count). The summed E-state index contributed by atoms with van der Waals surface area (Å²) in [6, 6.07) is 12.1. The van der Waals surface area contributed by atoms with E-state index in [0.29, 0.717) is 0 Å².